The zero-order valence-electron chi connectivity index (χ0n) is 11.9. The highest BCUT2D eigenvalue weighted by Gasteiger charge is 2.33. The van der Waals surface area contributed by atoms with Crippen molar-refractivity contribution in [2.75, 3.05) is 26.2 Å². The van der Waals surface area contributed by atoms with Gasteiger partial charge in [-0.25, -0.2) is 0 Å². The molecule has 0 spiro atoms. The topological polar surface area (TPSA) is 75.7 Å². The lowest BCUT2D eigenvalue weighted by Crippen LogP contribution is -2.49. The van der Waals surface area contributed by atoms with Gasteiger partial charge in [-0.3, -0.25) is 14.4 Å². The lowest BCUT2D eigenvalue weighted by atomic mass is 9.93. The van der Waals surface area contributed by atoms with Crippen LogP contribution in [0.25, 0.3) is 0 Å². The Kier molecular flexibility index (Phi) is 4.98. The molecule has 112 valence electrons. The quantitative estimate of drug-likeness (QED) is 0.756. The molecule has 0 aromatic rings. The number of hydrogen-bond acceptors (Lipinski definition) is 4. The van der Waals surface area contributed by atoms with Gasteiger partial charge >= 0.3 is 5.97 Å². The predicted octanol–water partition coefficient (Wildman–Crippen LogP) is 0.314. The molecule has 1 N–H and O–H groups in total. The van der Waals surface area contributed by atoms with Gasteiger partial charge in [0.2, 0.25) is 11.8 Å². The first-order valence-electron chi connectivity index (χ1n) is 7.34. The van der Waals surface area contributed by atoms with E-state index in [4.69, 9.17) is 4.74 Å². The Morgan fingerprint density at radius 3 is 2.80 bits per heavy atom. The monoisotopic (exact) mass is 282 g/mol. The van der Waals surface area contributed by atoms with Crippen LogP contribution in [0.5, 0.6) is 0 Å². The minimum Gasteiger partial charge on any atom is -0.466 e. The van der Waals surface area contributed by atoms with Gasteiger partial charge in [-0.2, -0.15) is 0 Å². The van der Waals surface area contributed by atoms with Gasteiger partial charge < -0.3 is 15.0 Å². The first kappa shape index (κ1) is 14.8. The lowest BCUT2D eigenvalue weighted by Gasteiger charge is -2.35. The van der Waals surface area contributed by atoms with Crippen molar-refractivity contribution < 1.29 is 19.1 Å². The van der Waals surface area contributed by atoms with Crippen molar-refractivity contribution in [2.24, 2.45) is 11.8 Å². The zero-order valence-corrected chi connectivity index (χ0v) is 11.9. The largest absolute Gasteiger partial charge is 0.466 e. The highest BCUT2D eigenvalue weighted by molar-refractivity contribution is 5.84. The first-order chi connectivity index (χ1) is 9.61. The number of esters is 1. The maximum atomic E-state index is 12.4. The molecule has 0 saturated carbocycles. The molecule has 0 aliphatic carbocycles. The van der Waals surface area contributed by atoms with Gasteiger partial charge in [0, 0.05) is 26.1 Å². The number of rotatable bonds is 3. The number of piperidine rings is 2. The molecule has 0 aromatic carbocycles. The highest BCUT2D eigenvalue weighted by atomic mass is 16.5. The van der Waals surface area contributed by atoms with Crippen molar-refractivity contribution in [3.8, 4) is 0 Å². The maximum Gasteiger partial charge on any atom is 0.310 e. The third-order valence-electron chi connectivity index (χ3n) is 3.97. The van der Waals surface area contributed by atoms with Crippen molar-refractivity contribution in [3.05, 3.63) is 0 Å². The lowest BCUT2D eigenvalue weighted by molar-refractivity contribution is -0.152. The Hall–Kier alpha value is -1.59. The second kappa shape index (κ2) is 6.72. The van der Waals surface area contributed by atoms with Gasteiger partial charge in [-0.15, -0.1) is 0 Å². The van der Waals surface area contributed by atoms with E-state index in [0.29, 0.717) is 39.1 Å². The molecule has 20 heavy (non-hydrogen) atoms. The Morgan fingerprint density at radius 1 is 1.35 bits per heavy atom. The summed E-state index contributed by atoms with van der Waals surface area (Å²) in [7, 11) is 0. The zero-order chi connectivity index (χ0) is 14.5. The Bertz CT molecular complexity index is 387. The van der Waals surface area contributed by atoms with Crippen LogP contribution < -0.4 is 5.32 Å². The van der Waals surface area contributed by atoms with E-state index in [1.165, 1.54) is 0 Å². The van der Waals surface area contributed by atoms with Gasteiger partial charge in [0.25, 0.3) is 0 Å². The average Bonchev–Trinajstić information content (AvgIpc) is 2.48. The second-order valence-electron chi connectivity index (χ2n) is 5.42. The third-order valence-corrected chi connectivity index (χ3v) is 3.97. The molecule has 0 aromatic heterocycles. The molecular formula is C14H22N2O4. The summed E-state index contributed by atoms with van der Waals surface area (Å²) in [6, 6.07) is 0. The average molecular weight is 282 g/mol. The number of nitrogens with one attached hydrogen (secondary N) is 1. The minimum absolute atomic E-state index is 0.0112. The molecule has 0 unspecified atom stereocenters. The fraction of sp³-hybridized carbons (Fsp3) is 0.786. The summed E-state index contributed by atoms with van der Waals surface area (Å²) < 4.78 is 5.04. The van der Waals surface area contributed by atoms with Gasteiger partial charge in [0.1, 0.15) is 0 Å². The number of nitrogens with zero attached hydrogens (tertiary/aromatic N) is 1. The van der Waals surface area contributed by atoms with Crippen LogP contribution in [0.1, 0.15) is 32.6 Å². The second-order valence-corrected chi connectivity index (χ2v) is 5.42. The van der Waals surface area contributed by atoms with Crippen LogP contribution in [0.4, 0.5) is 0 Å². The third kappa shape index (κ3) is 3.49. The number of ether oxygens (including phenoxy) is 1. The normalized spacial score (nSPS) is 26.9. The maximum absolute atomic E-state index is 12.4. The van der Waals surface area contributed by atoms with Crippen molar-refractivity contribution in [1.82, 2.24) is 10.2 Å². The van der Waals surface area contributed by atoms with Crippen molar-refractivity contribution in [2.45, 2.75) is 32.6 Å². The van der Waals surface area contributed by atoms with Gasteiger partial charge in [0.15, 0.2) is 0 Å². The summed E-state index contributed by atoms with van der Waals surface area (Å²) in [6.45, 7) is 3.71. The van der Waals surface area contributed by atoms with Crippen LogP contribution in [0.15, 0.2) is 0 Å². The molecule has 2 saturated heterocycles. The molecule has 6 heteroatoms. The Labute approximate surface area is 118 Å². The molecule has 2 fully saturated rings. The molecule has 2 amide bonds. The predicted molar refractivity (Wildman–Crippen MR) is 71.7 cm³/mol. The molecule has 2 rings (SSSR count). The van der Waals surface area contributed by atoms with E-state index >= 15 is 0 Å². The van der Waals surface area contributed by atoms with Gasteiger partial charge in [-0.1, -0.05) is 0 Å². The number of hydrogen-bond donors (Lipinski definition) is 1. The van der Waals surface area contributed by atoms with Crippen LogP contribution >= 0.6 is 0 Å². The Balaban J connectivity index is 1.89. The number of likely N-dealkylation sites (tertiary alicyclic amines) is 1. The number of amides is 2. The Morgan fingerprint density at radius 2 is 2.15 bits per heavy atom. The van der Waals surface area contributed by atoms with Gasteiger partial charge in [-0.05, 0) is 26.2 Å². The molecule has 0 radical (unpaired) electrons. The smallest absolute Gasteiger partial charge is 0.310 e. The summed E-state index contributed by atoms with van der Waals surface area (Å²) in [4.78, 5) is 37.1. The molecule has 2 aliphatic rings. The van der Waals surface area contributed by atoms with E-state index in [-0.39, 0.29) is 29.6 Å². The SMILES string of the molecule is CCOC(=O)[C@@H]1CCCN(C(=O)[C@H]2CCC(=O)NC2)C1. The number of carbonyl (C=O) groups excluding carboxylic acids is 3. The van der Waals surface area contributed by atoms with Crippen LogP contribution in [0.3, 0.4) is 0 Å². The summed E-state index contributed by atoms with van der Waals surface area (Å²) in [5.41, 5.74) is 0. The van der Waals surface area contributed by atoms with Crippen LogP contribution in [-0.4, -0.2) is 48.9 Å². The molecule has 6 nitrogen and oxygen atoms in total. The fourth-order valence-electron chi connectivity index (χ4n) is 2.83. The van der Waals surface area contributed by atoms with E-state index < -0.39 is 0 Å². The summed E-state index contributed by atoms with van der Waals surface area (Å²) in [6.07, 6.45) is 2.62. The number of carbonyl (C=O) groups is 3. The van der Waals surface area contributed by atoms with E-state index in [1.807, 2.05) is 0 Å². The van der Waals surface area contributed by atoms with Crippen LogP contribution in [0.2, 0.25) is 0 Å². The molecule has 2 heterocycles. The summed E-state index contributed by atoms with van der Waals surface area (Å²) in [5.74, 6) is -0.488. The van der Waals surface area contributed by atoms with E-state index in [1.54, 1.807) is 11.8 Å². The summed E-state index contributed by atoms with van der Waals surface area (Å²) in [5, 5.41) is 2.73. The molecular weight excluding hydrogens is 260 g/mol. The van der Waals surface area contributed by atoms with Crippen molar-refractivity contribution in [3.63, 3.8) is 0 Å². The highest BCUT2D eigenvalue weighted by Crippen LogP contribution is 2.22. The van der Waals surface area contributed by atoms with E-state index in [0.717, 1.165) is 12.8 Å². The van der Waals surface area contributed by atoms with E-state index in [2.05, 4.69) is 5.32 Å². The molecule has 0 bridgehead atoms. The standard InChI is InChI=1S/C14H22N2O4/c1-2-20-14(19)11-4-3-7-16(9-11)13(18)10-5-6-12(17)15-8-10/h10-11H,2-9H2,1H3,(H,15,17)/t10-,11+/m0/s1. The fourth-order valence-corrected chi connectivity index (χ4v) is 2.83. The molecule has 2 atom stereocenters. The minimum atomic E-state index is -0.207. The van der Waals surface area contributed by atoms with Crippen LogP contribution in [0, 0.1) is 11.8 Å². The first-order valence-corrected chi connectivity index (χ1v) is 7.34. The van der Waals surface area contributed by atoms with Crippen molar-refractivity contribution in [1.29, 1.82) is 0 Å². The van der Waals surface area contributed by atoms with E-state index in [9.17, 15) is 14.4 Å². The summed E-state index contributed by atoms with van der Waals surface area (Å²) >= 11 is 0. The van der Waals surface area contributed by atoms with Crippen LogP contribution in [-0.2, 0) is 19.1 Å². The van der Waals surface area contributed by atoms with Crippen molar-refractivity contribution >= 4 is 17.8 Å². The molecule has 2 aliphatic heterocycles. The van der Waals surface area contributed by atoms with Gasteiger partial charge in [0.05, 0.1) is 18.4 Å².